The predicted molar refractivity (Wildman–Crippen MR) is 233 cm³/mol. The van der Waals surface area contributed by atoms with Gasteiger partial charge in [0.2, 0.25) is 11.8 Å². The summed E-state index contributed by atoms with van der Waals surface area (Å²) in [7, 11) is 1.72. The van der Waals surface area contributed by atoms with Crippen molar-refractivity contribution >= 4 is 11.8 Å². The van der Waals surface area contributed by atoms with Gasteiger partial charge in [-0.15, -0.1) is 0 Å². The van der Waals surface area contributed by atoms with E-state index in [1.54, 1.807) is 7.11 Å². The summed E-state index contributed by atoms with van der Waals surface area (Å²) in [5.41, 5.74) is -0.578. The van der Waals surface area contributed by atoms with Gasteiger partial charge in [-0.3, -0.25) is 9.59 Å². The number of ether oxygens (including phenoxy) is 4. The second-order valence-electron chi connectivity index (χ2n) is 17.3. The van der Waals surface area contributed by atoms with Crippen molar-refractivity contribution in [3.63, 3.8) is 0 Å². The Morgan fingerprint density at radius 2 is 0.891 bits per heavy atom. The summed E-state index contributed by atoms with van der Waals surface area (Å²) in [6.07, 6.45) is 33.7. The average molecular weight is 783 g/mol. The molecule has 0 saturated carbocycles. The van der Waals surface area contributed by atoms with E-state index in [1.165, 1.54) is 141 Å². The molecule has 8 nitrogen and oxygen atoms in total. The number of hydrogen-bond acceptors (Lipinski definition) is 6. The summed E-state index contributed by atoms with van der Waals surface area (Å²) in [5, 5.41) is 2.99. The first-order valence-corrected chi connectivity index (χ1v) is 23.5. The largest absolute Gasteiger partial charge is 0.380 e. The fourth-order valence-electron chi connectivity index (χ4n) is 6.72. The summed E-state index contributed by atoms with van der Waals surface area (Å²) in [6, 6.07) is 0. The SMILES string of the molecule is CCCCCCCCCCCCCCOCCN(CCOCCCCCCCCCCCCCC)C(=O)CCC(=O)NCCC(C)(C)OCCC(C)(C)OC. The van der Waals surface area contributed by atoms with Gasteiger partial charge < -0.3 is 29.2 Å². The van der Waals surface area contributed by atoms with Gasteiger partial charge in [0, 0.05) is 52.8 Å². The molecule has 0 aliphatic heterocycles. The van der Waals surface area contributed by atoms with Crippen LogP contribution in [-0.4, -0.2) is 87.7 Å². The normalized spacial score (nSPS) is 12.1. The molecule has 1 N–H and O–H groups in total. The van der Waals surface area contributed by atoms with Crippen molar-refractivity contribution in [2.24, 2.45) is 0 Å². The molecular formula is C47H94N2O6. The molecule has 0 bridgehead atoms. The molecule has 0 aliphatic rings. The van der Waals surface area contributed by atoms with Gasteiger partial charge in [-0.1, -0.05) is 155 Å². The molecule has 328 valence electrons. The molecule has 0 aromatic rings. The van der Waals surface area contributed by atoms with Crippen molar-refractivity contribution in [2.45, 2.75) is 233 Å². The lowest BCUT2D eigenvalue weighted by Crippen LogP contribution is -2.38. The predicted octanol–water partition coefficient (Wildman–Crippen LogP) is 12.1. The number of amides is 2. The van der Waals surface area contributed by atoms with E-state index in [2.05, 4.69) is 19.2 Å². The van der Waals surface area contributed by atoms with Gasteiger partial charge in [0.15, 0.2) is 0 Å². The van der Waals surface area contributed by atoms with Crippen molar-refractivity contribution in [3.05, 3.63) is 0 Å². The van der Waals surface area contributed by atoms with E-state index >= 15 is 0 Å². The van der Waals surface area contributed by atoms with Crippen LogP contribution in [0.4, 0.5) is 0 Å². The highest BCUT2D eigenvalue weighted by molar-refractivity contribution is 5.83. The minimum atomic E-state index is -0.357. The molecule has 8 heteroatoms. The van der Waals surface area contributed by atoms with Gasteiger partial charge in [-0.05, 0) is 53.4 Å². The Bertz CT molecular complexity index is 817. The van der Waals surface area contributed by atoms with Crippen LogP contribution < -0.4 is 5.32 Å². The van der Waals surface area contributed by atoms with Crippen LogP contribution in [0.3, 0.4) is 0 Å². The Kier molecular flexibility index (Phi) is 37.5. The quantitative estimate of drug-likeness (QED) is 0.0620. The molecule has 55 heavy (non-hydrogen) atoms. The zero-order valence-electron chi connectivity index (χ0n) is 37.9. The Morgan fingerprint density at radius 1 is 0.491 bits per heavy atom. The standard InChI is InChI=1S/C47H94N2O6/c1-8-10-12-14-16-18-20-22-24-26-28-30-39-53-42-37-49(38-43-54-40-31-29-27-25-23-21-19-17-15-13-11-9-2)45(51)33-32-44(50)48-36-34-47(5,6)55-41-35-46(3,4)52-7/h8-43H2,1-7H3,(H,48,50). The van der Waals surface area contributed by atoms with Gasteiger partial charge in [0.1, 0.15) is 0 Å². The molecule has 0 radical (unpaired) electrons. The van der Waals surface area contributed by atoms with Crippen LogP contribution in [0.25, 0.3) is 0 Å². The van der Waals surface area contributed by atoms with Crippen molar-refractivity contribution in [2.75, 3.05) is 59.8 Å². The number of nitrogens with one attached hydrogen (secondary N) is 1. The maximum absolute atomic E-state index is 13.3. The lowest BCUT2D eigenvalue weighted by atomic mass is 10.0. The monoisotopic (exact) mass is 783 g/mol. The van der Waals surface area contributed by atoms with Crippen LogP contribution in [0, 0.1) is 0 Å². The third-order valence-electron chi connectivity index (χ3n) is 11.0. The van der Waals surface area contributed by atoms with E-state index in [0.717, 1.165) is 32.5 Å². The van der Waals surface area contributed by atoms with Crippen molar-refractivity contribution in [3.8, 4) is 0 Å². The van der Waals surface area contributed by atoms with Crippen molar-refractivity contribution in [1.29, 1.82) is 0 Å². The van der Waals surface area contributed by atoms with E-state index < -0.39 is 0 Å². The summed E-state index contributed by atoms with van der Waals surface area (Å²) in [6.45, 7) is 17.4. The van der Waals surface area contributed by atoms with Gasteiger partial charge >= 0.3 is 0 Å². The zero-order valence-corrected chi connectivity index (χ0v) is 37.9. The van der Waals surface area contributed by atoms with Crippen molar-refractivity contribution in [1.82, 2.24) is 10.2 Å². The molecule has 0 unspecified atom stereocenters. The lowest BCUT2D eigenvalue weighted by Gasteiger charge is -2.29. The molecule has 0 heterocycles. The van der Waals surface area contributed by atoms with Gasteiger partial charge in [-0.25, -0.2) is 0 Å². The second kappa shape index (κ2) is 38.3. The Balaban J connectivity index is 4.40. The molecule has 0 saturated heterocycles. The molecular weight excluding hydrogens is 689 g/mol. The van der Waals surface area contributed by atoms with E-state index in [4.69, 9.17) is 18.9 Å². The van der Waals surface area contributed by atoms with Crippen LogP contribution in [0.5, 0.6) is 0 Å². The summed E-state index contributed by atoms with van der Waals surface area (Å²) < 4.78 is 23.5. The molecule has 0 fully saturated rings. The van der Waals surface area contributed by atoms with Crippen LogP contribution in [0.15, 0.2) is 0 Å². The van der Waals surface area contributed by atoms with E-state index in [0.29, 0.717) is 45.9 Å². The summed E-state index contributed by atoms with van der Waals surface area (Å²) in [4.78, 5) is 27.8. The van der Waals surface area contributed by atoms with Gasteiger partial charge in [-0.2, -0.15) is 0 Å². The maximum atomic E-state index is 13.3. The van der Waals surface area contributed by atoms with E-state index in [9.17, 15) is 9.59 Å². The molecule has 0 aromatic heterocycles. The fourth-order valence-corrected chi connectivity index (χ4v) is 6.72. The molecule has 0 aromatic carbocycles. The number of hydrogen-bond donors (Lipinski definition) is 1. The third-order valence-corrected chi connectivity index (χ3v) is 11.0. The van der Waals surface area contributed by atoms with Crippen LogP contribution in [-0.2, 0) is 28.5 Å². The number of nitrogens with zero attached hydrogens (tertiary/aromatic N) is 1. The minimum absolute atomic E-state index is 0.0116. The summed E-state index contributed by atoms with van der Waals surface area (Å²) >= 11 is 0. The first-order valence-electron chi connectivity index (χ1n) is 23.5. The highest BCUT2D eigenvalue weighted by Crippen LogP contribution is 2.19. The highest BCUT2D eigenvalue weighted by Gasteiger charge is 2.22. The average Bonchev–Trinajstić information content (AvgIpc) is 3.15. The Morgan fingerprint density at radius 3 is 1.29 bits per heavy atom. The lowest BCUT2D eigenvalue weighted by molar-refractivity contribution is -0.135. The maximum Gasteiger partial charge on any atom is 0.223 e. The number of rotatable bonds is 43. The number of carbonyl (C=O) groups is 2. The summed E-state index contributed by atoms with van der Waals surface area (Å²) in [5.74, 6) is -0.112. The smallest absolute Gasteiger partial charge is 0.223 e. The topological polar surface area (TPSA) is 86.3 Å². The first-order chi connectivity index (χ1) is 26.6. The van der Waals surface area contributed by atoms with Crippen LogP contribution in [0.2, 0.25) is 0 Å². The molecule has 0 spiro atoms. The van der Waals surface area contributed by atoms with Gasteiger partial charge in [0.25, 0.3) is 0 Å². The van der Waals surface area contributed by atoms with Crippen molar-refractivity contribution < 1.29 is 28.5 Å². The van der Waals surface area contributed by atoms with Crippen LogP contribution >= 0.6 is 0 Å². The molecule has 0 rings (SSSR count). The Hall–Kier alpha value is -1.22. The highest BCUT2D eigenvalue weighted by atomic mass is 16.5. The van der Waals surface area contributed by atoms with Crippen LogP contribution in [0.1, 0.15) is 221 Å². The number of methoxy groups -OCH3 is 1. The molecule has 0 aliphatic carbocycles. The first kappa shape index (κ1) is 53.8. The molecule has 2 amide bonds. The fraction of sp³-hybridized carbons (Fsp3) is 0.957. The number of carbonyl (C=O) groups excluding carboxylic acids is 2. The minimum Gasteiger partial charge on any atom is -0.380 e. The third kappa shape index (κ3) is 38.1. The zero-order chi connectivity index (χ0) is 40.7. The van der Waals surface area contributed by atoms with Gasteiger partial charge in [0.05, 0.1) is 31.0 Å². The second-order valence-corrected chi connectivity index (χ2v) is 17.3. The van der Waals surface area contributed by atoms with E-state index in [1.807, 2.05) is 32.6 Å². The van der Waals surface area contributed by atoms with E-state index in [-0.39, 0.29) is 35.9 Å². The number of unbranched alkanes of at least 4 members (excludes halogenated alkanes) is 22. The molecule has 0 atom stereocenters. The Labute approximate surface area is 342 Å².